The second-order valence-electron chi connectivity index (χ2n) is 7.97. The van der Waals surface area contributed by atoms with Crippen LogP contribution in [0.3, 0.4) is 0 Å². The lowest BCUT2D eigenvalue weighted by molar-refractivity contribution is 0.138. The highest BCUT2D eigenvalue weighted by atomic mass is 35.5. The molecule has 2 fully saturated rings. The van der Waals surface area contributed by atoms with E-state index in [1.807, 2.05) is 0 Å². The monoisotopic (exact) mass is 341 g/mol. The van der Waals surface area contributed by atoms with Gasteiger partial charge in [0.05, 0.1) is 4.90 Å². The maximum atomic E-state index is 13.2. The molecule has 1 heterocycles. The number of hydrogen-bond acceptors (Lipinski definition) is 2. The highest BCUT2D eigenvalue weighted by molar-refractivity contribution is 7.89. The third kappa shape index (κ3) is 2.07. The van der Waals surface area contributed by atoms with E-state index in [4.69, 9.17) is 11.6 Å². The summed E-state index contributed by atoms with van der Waals surface area (Å²) in [6, 6.07) is 5.18. The number of nitrogens with zero attached hydrogens (tertiary/aromatic N) is 1. The van der Waals surface area contributed by atoms with Crippen molar-refractivity contribution in [2.45, 2.75) is 52.0 Å². The van der Waals surface area contributed by atoms with Crippen LogP contribution in [0.25, 0.3) is 0 Å². The van der Waals surface area contributed by atoms with Crippen LogP contribution < -0.4 is 0 Å². The minimum Gasteiger partial charge on any atom is -0.207 e. The highest BCUT2D eigenvalue weighted by Crippen LogP contribution is 2.61. The molecule has 3 atom stereocenters. The first-order valence-electron chi connectivity index (χ1n) is 7.78. The zero-order valence-electron chi connectivity index (χ0n) is 13.9. The van der Waals surface area contributed by atoms with E-state index in [0.717, 1.165) is 6.42 Å². The minimum atomic E-state index is -3.52. The van der Waals surface area contributed by atoms with Crippen LogP contribution in [0.5, 0.6) is 0 Å². The summed E-state index contributed by atoms with van der Waals surface area (Å²) in [5.74, 6) is 0.372. The van der Waals surface area contributed by atoms with Crippen molar-refractivity contribution < 1.29 is 8.42 Å². The predicted molar refractivity (Wildman–Crippen MR) is 89.5 cm³/mol. The molecule has 1 aliphatic heterocycles. The van der Waals surface area contributed by atoms with Gasteiger partial charge in [0.2, 0.25) is 10.0 Å². The summed E-state index contributed by atoms with van der Waals surface area (Å²) in [6.45, 7) is 11.2. The number of hydrogen-bond donors (Lipinski definition) is 0. The lowest BCUT2D eigenvalue weighted by Gasteiger charge is -2.40. The summed E-state index contributed by atoms with van der Waals surface area (Å²) in [6.07, 6.45) is 1.08. The largest absolute Gasteiger partial charge is 0.243 e. The first-order chi connectivity index (χ1) is 10.0. The second-order valence-corrected chi connectivity index (χ2v) is 10.2. The number of piperidine rings is 1. The Bertz CT molecular complexity index is 728. The van der Waals surface area contributed by atoms with E-state index >= 15 is 0 Å². The number of benzene rings is 1. The molecule has 0 aromatic heterocycles. The Balaban J connectivity index is 2.10. The lowest BCUT2D eigenvalue weighted by atomic mass is 9.79. The predicted octanol–water partition coefficient (Wildman–Crippen LogP) is 4.09. The molecule has 0 N–H and O–H groups in total. The fourth-order valence-electron chi connectivity index (χ4n) is 4.89. The fourth-order valence-corrected chi connectivity index (χ4v) is 7.35. The van der Waals surface area contributed by atoms with Crippen LogP contribution in [0.15, 0.2) is 23.1 Å². The molecule has 0 spiro atoms. The molecule has 2 bridgehead atoms. The molecule has 0 radical (unpaired) electrons. The molecular formula is C17H24ClNO2S. The molecule has 5 heteroatoms. The Kier molecular flexibility index (Phi) is 3.49. The lowest BCUT2D eigenvalue weighted by Crippen LogP contribution is -2.48. The Labute approximate surface area is 138 Å². The van der Waals surface area contributed by atoms with Gasteiger partial charge < -0.3 is 0 Å². The van der Waals surface area contributed by atoms with Crippen molar-refractivity contribution in [1.29, 1.82) is 0 Å². The minimum absolute atomic E-state index is 0.00592. The van der Waals surface area contributed by atoms with E-state index in [9.17, 15) is 8.42 Å². The molecule has 2 unspecified atom stereocenters. The van der Waals surface area contributed by atoms with Crippen LogP contribution in [0.2, 0.25) is 5.02 Å². The van der Waals surface area contributed by atoms with Crippen molar-refractivity contribution in [3.8, 4) is 0 Å². The molecule has 2 aliphatic rings. The maximum Gasteiger partial charge on any atom is 0.243 e. The molecule has 1 saturated heterocycles. The van der Waals surface area contributed by atoms with Gasteiger partial charge in [-0.3, -0.25) is 0 Å². The Hall–Kier alpha value is -0.580. The number of fused-ring (bicyclic) bond motifs is 2. The van der Waals surface area contributed by atoms with Crippen LogP contribution in [0.4, 0.5) is 0 Å². The first-order valence-corrected chi connectivity index (χ1v) is 9.59. The van der Waals surface area contributed by atoms with Crippen LogP contribution in [0.1, 0.15) is 39.7 Å². The Morgan fingerprint density at radius 1 is 1.27 bits per heavy atom. The smallest absolute Gasteiger partial charge is 0.207 e. The molecule has 1 aromatic rings. The van der Waals surface area contributed by atoms with E-state index in [0.29, 0.717) is 27.9 Å². The zero-order valence-corrected chi connectivity index (χ0v) is 15.4. The van der Waals surface area contributed by atoms with Crippen molar-refractivity contribution in [2.24, 2.45) is 16.7 Å². The summed E-state index contributed by atoms with van der Waals surface area (Å²) in [7, 11) is -3.52. The molecule has 1 saturated carbocycles. The average Bonchev–Trinajstić information content (AvgIpc) is 2.74. The molecule has 122 valence electrons. The van der Waals surface area contributed by atoms with Crippen molar-refractivity contribution in [3.05, 3.63) is 28.8 Å². The quantitative estimate of drug-likeness (QED) is 0.812. The van der Waals surface area contributed by atoms with Gasteiger partial charge in [-0.15, -0.1) is 0 Å². The topological polar surface area (TPSA) is 37.4 Å². The molecule has 1 aliphatic carbocycles. The molecule has 1 aromatic carbocycles. The third-order valence-corrected chi connectivity index (χ3v) is 8.25. The summed E-state index contributed by atoms with van der Waals surface area (Å²) < 4.78 is 28.2. The third-order valence-electron chi connectivity index (χ3n) is 5.86. The van der Waals surface area contributed by atoms with Gasteiger partial charge in [0.25, 0.3) is 0 Å². The normalized spacial score (nSPS) is 34.3. The number of rotatable bonds is 2. The van der Waals surface area contributed by atoms with Gasteiger partial charge in [0.15, 0.2) is 0 Å². The van der Waals surface area contributed by atoms with Crippen molar-refractivity contribution in [1.82, 2.24) is 4.31 Å². The summed E-state index contributed by atoms with van der Waals surface area (Å²) in [5.41, 5.74) is 0.710. The van der Waals surface area contributed by atoms with Gasteiger partial charge in [-0.05, 0) is 47.8 Å². The SMILES string of the molecule is Cc1c(Cl)cccc1S(=O)(=O)N1CC2(C)CC(C)(C)C1[C@@H]2C. The first kappa shape index (κ1) is 16.3. The second kappa shape index (κ2) is 4.71. The van der Waals surface area contributed by atoms with Crippen LogP contribution in [-0.4, -0.2) is 25.3 Å². The summed E-state index contributed by atoms with van der Waals surface area (Å²) in [5, 5.41) is 0.504. The average molecular weight is 342 g/mol. The van der Waals surface area contributed by atoms with Crippen LogP contribution in [-0.2, 0) is 10.0 Å². The van der Waals surface area contributed by atoms with E-state index in [2.05, 4.69) is 27.7 Å². The molecule has 3 nitrogen and oxygen atoms in total. The van der Waals surface area contributed by atoms with Gasteiger partial charge in [-0.25, -0.2) is 8.42 Å². The number of sulfonamides is 1. The van der Waals surface area contributed by atoms with Crippen molar-refractivity contribution in [2.75, 3.05) is 6.54 Å². The number of halogens is 1. The van der Waals surface area contributed by atoms with Crippen molar-refractivity contribution in [3.63, 3.8) is 0 Å². The van der Waals surface area contributed by atoms with E-state index in [-0.39, 0.29) is 16.9 Å². The Morgan fingerprint density at radius 3 is 2.45 bits per heavy atom. The highest BCUT2D eigenvalue weighted by Gasteiger charge is 2.63. The molecule has 0 amide bonds. The maximum absolute atomic E-state index is 13.2. The van der Waals surface area contributed by atoms with E-state index in [1.54, 1.807) is 29.4 Å². The van der Waals surface area contributed by atoms with Crippen LogP contribution in [0, 0.1) is 23.7 Å². The molecule has 22 heavy (non-hydrogen) atoms. The summed E-state index contributed by atoms with van der Waals surface area (Å²) in [4.78, 5) is 0.346. The summed E-state index contributed by atoms with van der Waals surface area (Å²) >= 11 is 6.13. The van der Waals surface area contributed by atoms with E-state index in [1.165, 1.54) is 0 Å². The van der Waals surface area contributed by atoms with Gasteiger partial charge in [0, 0.05) is 17.6 Å². The van der Waals surface area contributed by atoms with Gasteiger partial charge >= 0.3 is 0 Å². The van der Waals surface area contributed by atoms with Gasteiger partial charge in [-0.2, -0.15) is 4.31 Å². The van der Waals surface area contributed by atoms with Crippen molar-refractivity contribution >= 4 is 21.6 Å². The fraction of sp³-hybridized carbons (Fsp3) is 0.647. The van der Waals surface area contributed by atoms with Gasteiger partial charge in [0.1, 0.15) is 0 Å². The van der Waals surface area contributed by atoms with E-state index < -0.39 is 10.0 Å². The molecule has 3 rings (SSSR count). The van der Waals surface area contributed by atoms with Gasteiger partial charge in [-0.1, -0.05) is 45.4 Å². The standard InChI is InChI=1S/C17H24ClNO2S/c1-11-13(18)7-6-8-14(11)22(20,21)19-10-17(5)9-16(3,4)15(19)12(17)2/h6-8,12,15H,9-10H2,1-5H3/t12-,15?,17?/m0/s1. The zero-order chi connectivity index (χ0) is 16.5. The molecular weight excluding hydrogens is 318 g/mol. The Morgan fingerprint density at radius 2 is 1.91 bits per heavy atom. The van der Waals surface area contributed by atoms with Crippen LogP contribution >= 0.6 is 11.6 Å².